The van der Waals surface area contributed by atoms with Gasteiger partial charge >= 0.3 is 0 Å². The van der Waals surface area contributed by atoms with E-state index in [1.807, 2.05) is 0 Å². The number of sulfonamides is 1. The first kappa shape index (κ1) is 15.0. The number of rotatable bonds is 3. The van der Waals surface area contributed by atoms with E-state index in [1.165, 1.54) is 23.7 Å². The number of amides is 1. The summed E-state index contributed by atoms with van der Waals surface area (Å²) in [5, 5.41) is 3.19. The second-order valence-corrected chi connectivity index (χ2v) is 6.84. The van der Waals surface area contributed by atoms with Crippen LogP contribution in [0.2, 0.25) is 0 Å². The summed E-state index contributed by atoms with van der Waals surface area (Å²) in [6.07, 6.45) is 0.653. The molecule has 0 aliphatic carbocycles. The zero-order valence-corrected chi connectivity index (χ0v) is 12.8. The summed E-state index contributed by atoms with van der Waals surface area (Å²) in [5.41, 5.74) is 0.325. The molecule has 0 spiro atoms. The lowest BCUT2D eigenvalue weighted by atomic mass is 10.3. The van der Waals surface area contributed by atoms with E-state index in [2.05, 4.69) is 5.32 Å². The molecule has 0 bridgehead atoms. The maximum Gasteiger partial charge on any atom is 0.250 e. The molecule has 1 aliphatic heterocycles. The first-order chi connectivity index (χ1) is 10.5. The third-order valence-corrected chi connectivity index (χ3v) is 5.52. The summed E-state index contributed by atoms with van der Waals surface area (Å²) in [5.74, 6) is -0.337. The predicted molar refractivity (Wildman–Crippen MR) is 78.8 cm³/mol. The van der Waals surface area contributed by atoms with Crippen molar-refractivity contribution in [2.45, 2.75) is 11.0 Å². The van der Waals surface area contributed by atoms with Gasteiger partial charge in [0.05, 0.1) is 12.9 Å². The minimum absolute atomic E-state index is 0.0148. The van der Waals surface area contributed by atoms with E-state index in [-0.39, 0.29) is 30.5 Å². The molecule has 1 fully saturated rings. The molecule has 8 heteroatoms. The van der Waals surface area contributed by atoms with Gasteiger partial charge in [-0.3, -0.25) is 4.79 Å². The van der Waals surface area contributed by atoms with Crippen LogP contribution >= 0.6 is 0 Å². The highest BCUT2D eigenvalue weighted by molar-refractivity contribution is 7.89. The number of likely N-dealkylation sites (N-methyl/N-ethyl adjacent to an activating group) is 1. The molecule has 0 radical (unpaired) electrons. The minimum Gasteiger partial charge on any atom is -0.463 e. The molecule has 2 aromatic rings. The van der Waals surface area contributed by atoms with Crippen LogP contribution in [0.15, 0.2) is 39.8 Å². The molecule has 1 atom stereocenters. The van der Waals surface area contributed by atoms with Crippen molar-refractivity contribution in [1.82, 2.24) is 9.62 Å². The lowest BCUT2D eigenvalue weighted by Crippen LogP contribution is -2.50. The molecule has 1 saturated heterocycles. The molecule has 1 N–H and O–H groups in total. The van der Waals surface area contributed by atoms with Gasteiger partial charge in [0.15, 0.2) is 5.58 Å². The number of nitrogens with zero attached hydrogens (tertiary/aromatic N) is 1. The van der Waals surface area contributed by atoms with Gasteiger partial charge in [-0.05, 0) is 12.1 Å². The Bertz CT molecular complexity index is 798. The van der Waals surface area contributed by atoms with Crippen molar-refractivity contribution < 1.29 is 22.4 Å². The van der Waals surface area contributed by atoms with E-state index in [4.69, 9.17) is 9.15 Å². The van der Waals surface area contributed by atoms with Crippen molar-refractivity contribution >= 4 is 26.9 Å². The Morgan fingerprint density at radius 2 is 2.18 bits per heavy atom. The minimum atomic E-state index is -3.75. The summed E-state index contributed by atoms with van der Waals surface area (Å²) >= 11 is 0. The molecular weight excluding hydrogens is 308 g/mol. The van der Waals surface area contributed by atoms with Crippen molar-refractivity contribution in [1.29, 1.82) is 0 Å². The van der Waals surface area contributed by atoms with E-state index in [0.717, 1.165) is 5.39 Å². The van der Waals surface area contributed by atoms with Gasteiger partial charge in [-0.2, -0.15) is 4.31 Å². The van der Waals surface area contributed by atoms with Crippen molar-refractivity contribution in [3.8, 4) is 0 Å². The third kappa shape index (κ3) is 2.49. The molecule has 0 saturated carbocycles. The van der Waals surface area contributed by atoms with E-state index in [0.29, 0.717) is 5.58 Å². The van der Waals surface area contributed by atoms with Gasteiger partial charge in [-0.15, -0.1) is 0 Å². The first-order valence-electron chi connectivity index (χ1n) is 6.83. The number of nitrogens with one attached hydrogen (secondary N) is 1. The van der Waals surface area contributed by atoms with Crippen molar-refractivity contribution in [3.63, 3.8) is 0 Å². The topological polar surface area (TPSA) is 88.9 Å². The molecular formula is C14H16N2O5S. The largest absolute Gasteiger partial charge is 0.463 e. The van der Waals surface area contributed by atoms with Gasteiger partial charge in [-0.1, -0.05) is 12.1 Å². The number of para-hydroxylation sites is 1. The van der Waals surface area contributed by atoms with E-state index in [9.17, 15) is 13.2 Å². The molecule has 1 amide bonds. The van der Waals surface area contributed by atoms with Crippen LogP contribution in [0.4, 0.5) is 0 Å². The molecule has 2 heterocycles. The van der Waals surface area contributed by atoms with E-state index in [1.54, 1.807) is 18.2 Å². The summed E-state index contributed by atoms with van der Waals surface area (Å²) < 4.78 is 37.6. The van der Waals surface area contributed by atoms with Crippen molar-refractivity contribution in [2.24, 2.45) is 0 Å². The third-order valence-electron chi connectivity index (χ3n) is 3.63. The maximum absolute atomic E-state index is 12.8. The molecule has 118 valence electrons. The van der Waals surface area contributed by atoms with Crippen LogP contribution in [-0.4, -0.2) is 51.5 Å². The van der Waals surface area contributed by atoms with Crippen LogP contribution in [0, 0.1) is 0 Å². The number of carbonyl (C=O) groups is 1. The number of ether oxygens (including phenoxy) is 1. The predicted octanol–water partition coefficient (Wildman–Crippen LogP) is 0.568. The molecule has 1 aliphatic rings. The number of furan rings is 1. The molecule has 1 aromatic carbocycles. The molecule has 1 unspecified atom stereocenters. The highest BCUT2D eigenvalue weighted by Crippen LogP contribution is 2.27. The fraction of sp³-hybridized carbons (Fsp3) is 0.357. The first-order valence-corrected chi connectivity index (χ1v) is 8.27. The molecule has 7 nitrogen and oxygen atoms in total. The van der Waals surface area contributed by atoms with Gasteiger partial charge in [0.25, 0.3) is 0 Å². The summed E-state index contributed by atoms with van der Waals surface area (Å²) in [6, 6.07) is 6.67. The van der Waals surface area contributed by atoms with Crippen molar-refractivity contribution in [2.75, 3.05) is 26.7 Å². The number of morpholine rings is 1. The van der Waals surface area contributed by atoms with Crippen LogP contribution in [-0.2, 0) is 19.6 Å². The van der Waals surface area contributed by atoms with E-state index < -0.39 is 16.1 Å². The second-order valence-electron chi connectivity index (χ2n) is 4.93. The normalized spacial score (nSPS) is 20.1. The van der Waals surface area contributed by atoms with Gasteiger partial charge in [0, 0.05) is 25.5 Å². The standard InChI is InChI=1S/C14H16N2O5S/c1-15-14(17)11-9-16(6-8-20-11)22(18,19)12-4-2-3-10-5-7-21-13(10)12/h2-5,7,11H,6,8-9H2,1H3,(H,15,17). The Labute approximate surface area is 127 Å². The van der Waals surface area contributed by atoms with Crippen LogP contribution in [0.5, 0.6) is 0 Å². The van der Waals surface area contributed by atoms with Gasteiger partial charge in [0.2, 0.25) is 15.9 Å². The zero-order valence-electron chi connectivity index (χ0n) is 12.0. The highest BCUT2D eigenvalue weighted by Gasteiger charge is 2.35. The van der Waals surface area contributed by atoms with Crippen LogP contribution in [0.1, 0.15) is 0 Å². The summed E-state index contributed by atoms with van der Waals surface area (Å²) in [7, 11) is -2.26. The Kier molecular flexibility index (Phi) is 3.90. The lowest BCUT2D eigenvalue weighted by Gasteiger charge is -2.31. The fourth-order valence-electron chi connectivity index (χ4n) is 2.47. The summed E-state index contributed by atoms with van der Waals surface area (Å²) in [6.45, 7) is 0.359. The number of hydrogen-bond donors (Lipinski definition) is 1. The second kappa shape index (κ2) is 5.71. The van der Waals surface area contributed by atoms with E-state index >= 15 is 0 Å². The average Bonchev–Trinajstić information content (AvgIpc) is 3.02. The maximum atomic E-state index is 12.8. The van der Waals surface area contributed by atoms with Gasteiger partial charge < -0.3 is 14.5 Å². The summed E-state index contributed by atoms with van der Waals surface area (Å²) in [4.78, 5) is 11.8. The highest BCUT2D eigenvalue weighted by atomic mass is 32.2. The number of benzene rings is 1. The van der Waals surface area contributed by atoms with Gasteiger partial charge in [0.1, 0.15) is 11.0 Å². The quantitative estimate of drug-likeness (QED) is 0.891. The molecule has 1 aromatic heterocycles. The SMILES string of the molecule is CNC(=O)C1CN(S(=O)(=O)c2cccc3ccoc23)CCO1. The Morgan fingerprint density at radius 1 is 1.36 bits per heavy atom. The Balaban J connectivity index is 1.96. The lowest BCUT2D eigenvalue weighted by molar-refractivity contribution is -0.135. The van der Waals surface area contributed by atoms with Crippen LogP contribution in [0.25, 0.3) is 11.0 Å². The van der Waals surface area contributed by atoms with Crippen LogP contribution in [0.3, 0.4) is 0 Å². The number of hydrogen-bond acceptors (Lipinski definition) is 5. The van der Waals surface area contributed by atoms with Crippen molar-refractivity contribution in [3.05, 3.63) is 30.5 Å². The Morgan fingerprint density at radius 3 is 2.95 bits per heavy atom. The van der Waals surface area contributed by atoms with Gasteiger partial charge in [-0.25, -0.2) is 8.42 Å². The molecule has 22 heavy (non-hydrogen) atoms. The monoisotopic (exact) mass is 324 g/mol. The average molecular weight is 324 g/mol. The number of fused-ring (bicyclic) bond motifs is 1. The Hall–Kier alpha value is -1.90. The fourth-order valence-corrected chi connectivity index (χ4v) is 4.05. The van der Waals surface area contributed by atoms with Crippen LogP contribution < -0.4 is 5.32 Å². The zero-order chi connectivity index (χ0) is 15.7. The number of carbonyl (C=O) groups excluding carboxylic acids is 1. The smallest absolute Gasteiger partial charge is 0.250 e. The molecule has 3 rings (SSSR count).